The molecular weight excluding hydrogens is 454 g/mol. The van der Waals surface area contributed by atoms with Crippen LogP contribution in [-0.4, -0.2) is 42.5 Å². The summed E-state index contributed by atoms with van der Waals surface area (Å²) in [4.78, 5) is 17.0. The summed E-state index contributed by atoms with van der Waals surface area (Å²) in [5.41, 5.74) is 1.08. The topological polar surface area (TPSA) is 79.4 Å². The first-order chi connectivity index (χ1) is 15.9. The highest BCUT2D eigenvalue weighted by molar-refractivity contribution is 7.99. The Bertz CT molecular complexity index is 1200. The molecule has 1 amide bonds. The Labute approximate surface area is 199 Å². The maximum atomic E-state index is 12.9. The molecule has 174 valence electrons. The molecule has 1 saturated heterocycles. The van der Waals surface area contributed by atoms with E-state index in [0.29, 0.717) is 18.1 Å². The van der Waals surface area contributed by atoms with Gasteiger partial charge < -0.3 is 5.32 Å². The zero-order valence-electron chi connectivity index (χ0n) is 18.7. The molecule has 0 radical (unpaired) electrons. The average Bonchev–Trinajstić information content (AvgIpc) is 3.13. The van der Waals surface area contributed by atoms with Crippen molar-refractivity contribution in [3.8, 4) is 0 Å². The van der Waals surface area contributed by atoms with E-state index >= 15 is 0 Å². The smallest absolute Gasteiger partial charge is 0.244 e. The first kappa shape index (κ1) is 23.7. The SMILES string of the molecule is CC(NC(=O)CSc1ccc(S(=O)(=O)N2CCCCCC2)cn1)c1cccc2ccccc12. The van der Waals surface area contributed by atoms with Gasteiger partial charge in [-0.3, -0.25) is 4.79 Å². The number of hydrogen-bond donors (Lipinski definition) is 1. The molecule has 2 aromatic carbocycles. The fraction of sp³-hybridized carbons (Fsp3) is 0.360. The normalized spacial score (nSPS) is 16.3. The molecule has 3 aromatic rings. The van der Waals surface area contributed by atoms with Crippen LogP contribution in [0.1, 0.15) is 44.2 Å². The lowest BCUT2D eigenvalue weighted by atomic mass is 10.00. The van der Waals surface area contributed by atoms with E-state index in [0.717, 1.165) is 42.0 Å². The highest BCUT2D eigenvalue weighted by Crippen LogP contribution is 2.25. The second-order valence-corrected chi connectivity index (χ2v) is 11.2. The van der Waals surface area contributed by atoms with Crippen LogP contribution in [-0.2, 0) is 14.8 Å². The van der Waals surface area contributed by atoms with E-state index in [9.17, 15) is 13.2 Å². The third-order valence-corrected chi connectivity index (χ3v) is 8.76. The van der Waals surface area contributed by atoms with Gasteiger partial charge in [0.25, 0.3) is 0 Å². The van der Waals surface area contributed by atoms with E-state index in [1.54, 1.807) is 16.4 Å². The summed E-state index contributed by atoms with van der Waals surface area (Å²) in [6, 6.07) is 17.4. The molecule has 1 aliphatic heterocycles. The minimum Gasteiger partial charge on any atom is -0.349 e. The molecule has 1 aromatic heterocycles. The maximum absolute atomic E-state index is 12.9. The van der Waals surface area contributed by atoms with Crippen LogP contribution < -0.4 is 5.32 Å². The molecule has 2 heterocycles. The Morgan fingerprint density at radius 2 is 1.76 bits per heavy atom. The van der Waals surface area contributed by atoms with Crippen molar-refractivity contribution in [1.29, 1.82) is 0 Å². The van der Waals surface area contributed by atoms with Gasteiger partial charge in [-0.2, -0.15) is 4.31 Å². The number of carbonyl (C=O) groups excluding carboxylic acids is 1. The van der Waals surface area contributed by atoms with Crippen LogP contribution in [0.25, 0.3) is 10.8 Å². The second kappa shape index (κ2) is 10.7. The van der Waals surface area contributed by atoms with Crippen LogP contribution in [0.4, 0.5) is 0 Å². The fourth-order valence-corrected chi connectivity index (χ4v) is 6.28. The standard InChI is InChI=1S/C25H29N3O3S2/c1-19(22-12-8-10-20-9-4-5-11-23(20)22)27-24(29)18-32-25-14-13-21(17-26-25)33(30,31)28-15-6-2-3-7-16-28/h4-5,8-14,17,19H,2-3,6-7,15-16,18H2,1H3,(H,27,29). The van der Waals surface area contributed by atoms with E-state index in [-0.39, 0.29) is 22.6 Å². The van der Waals surface area contributed by atoms with Gasteiger partial charge in [0.1, 0.15) is 4.90 Å². The third kappa shape index (κ3) is 5.75. The number of thioether (sulfide) groups is 1. The van der Waals surface area contributed by atoms with Gasteiger partial charge in [-0.1, -0.05) is 67.1 Å². The van der Waals surface area contributed by atoms with E-state index in [2.05, 4.69) is 28.5 Å². The highest BCUT2D eigenvalue weighted by Gasteiger charge is 2.25. The molecule has 1 aliphatic rings. The Morgan fingerprint density at radius 3 is 2.48 bits per heavy atom. The van der Waals surface area contributed by atoms with Crippen LogP contribution in [0.3, 0.4) is 0 Å². The number of sulfonamides is 1. The lowest BCUT2D eigenvalue weighted by Gasteiger charge is -2.19. The van der Waals surface area contributed by atoms with Gasteiger partial charge in [0.15, 0.2) is 0 Å². The number of hydrogen-bond acceptors (Lipinski definition) is 5. The van der Waals surface area contributed by atoms with Crippen LogP contribution in [0.2, 0.25) is 0 Å². The molecule has 0 aliphatic carbocycles. The Hall–Kier alpha value is -2.42. The summed E-state index contributed by atoms with van der Waals surface area (Å²) in [5, 5.41) is 5.95. The number of pyridine rings is 1. The zero-order chi connectivity index (χ0) is 23.3. The van der Waals surface area contributed by atoms with Gasteiger partial charge in [-0.15, -0.1) is 0 Å². The molecule has 6 nitrogen and oxygen atoms in total. The average molecular weight is 484 g/mol. The first-order valence-electron chi connectivity index (χ1n) is 11.3. The van der Waals surface area contributed by atoms with Crippen molar-refractivity contribution in [3.05, 3.63) is 66.4 Å². The number of carbonyl (C=O) groups is 1. The predicted octanol–water partition coefficient (Wildman–Crippen LogP) is 4.77. The number of benzene rings is 2. The van der Waals surface area contributed by atoms with Gasteiger partial charge in [0.2, 0.25) is 15.9 Å². The first-order valence-corrected chi connectivity index (χ1v) is 13.7. The summed E-state index contributed by atoms with van der Waals surface area (Å²) in [6.45, 7) is 3.10. The van der Waals surface area contributed by atoms with Crippen molar-refractivity contribution >= 4 is 38.5 Å². The fourth-order valence-electron chi connectivity index (χ4n) is 4.16. The minimum absolute atomic E-state index is 0.0940. The van der Waals surface area contributed by atoms with Gasteiger partial charge in [-0.25, -0.2) is 13.4 Å². The van der Waals surface area contributed by atoms with Gasteiger partial charge >= 0.3 is 0 Å². The molecule has 1 N–H and O–H groups in total. The summed E-state index contributed by atoms with van der Waals surface area (Å²) in [6.07, 6.45) is 5.33. The van der Waals surface area contributed by atoms with Gasteiger partial charge in [-0.05, 0) is 48.2 Å². The lowest BCUT2D eigenvalue weighted by Crippen LogP contribution is -2.32. The highest BCUT2D eigenvalue weighted by atomic mass is 32.2. The van der Waals surface area contributed by atoms with Crippen molar-refractivity contribution < 1.29 is 13.2 Å². The largest absolute Gasteiger partial charge is 0.349 e. The second-order valence-electron chi connectivity index (χ2n) is 8.30. The third-order valence-electron chi connectivity index (χ3n) is 5.93. The number of rotatable bonds is 7. The Balaban J connectivity index is 1.34. The quantitative estimate of drug-likeness (QED) is 0.490. The molecule has 33 heavy (non-hydrogen) atoms. The molecule has 1 unspecified atom stereocenters. The molecule has 0 spiro atoms. The molecular formula is C25H29N3O3S2. The maximum Gasteiger partial charge on any atom is 0.244 e. The Kier molecular flexibility index (Phi) is 7.67. The van der Waals surface area contributed by atoms with Crippen LogP contribution in [0, 0.1) is 0 Å². The van der Waals surface area contributed by atoms with Crippen molar-refractivity contribution in [2.24, 2.45) is 0 Å². The van der Waals surface area contributed by atoms with E-state index < -0.39 is 10.0 Å². The predicted molar refractivity (Wildman–Crippen MR) is 133 cm³/mol. The zero-order valence-corrected chi connectivity index (χ0v) is 20.4. The van der Waals surface area contributed by atoms with Crippen LogP contribution in [0.15, 0.2) is 70.7 Å². The molecule has 4 rings (SSSR count). The van der Waals surface area contributed by atoms with E-state index in [1.165, 1.54) is 18.0 Å². The summed E-state index contributed by atoms with van der Waals surface area (Å²) in [5.74, 6) is 0.115. The molecule has 0 saturated carbocycles. The number of fused-ring (bicyclic) bond motifs is 1. The van der Waals surface area contributed by atoms with Crippen molar-refractivity contribution in [2.75, 3.05) is 18.8 Å². The molecule has 8 heteroatoms. The van der Waals surface area contributed by atoms with E-state index in [1.807, 2.05) is 31.2 Å². The van der Waals surface area contributed by atoms with Crippen molar-refractivity contribution in [3.63, 3.8) is 0 Å². The molecule has 1 fully saturated rings. The Morgan fingerprint density at radius 1 is 1.03 bits per heavy atom. The molecule has 1 atom stereocenters. The minimum atomic E-state index is -3.52. The number of nitrogens with zero attached hydrogens (tertiary/aromatic N) is 2. The summed E-state index contributed by atoms with van der Waals surface area (Å²) < 4.78 is 27.3. The van der Waals surface area contributed by atoms with Crippen LogP contribution >= 0.6 is 11.8 Å². The lowest BCUT2D eigenvalue weighted by molar-refractivity contribution is -0.119. The number of aromatic nitrogens is 1. The number of amides is 1. The molecule has 0 bridgehead atoms. The van der Waals surface area contributed by atoms with E-state index in [4.69, 9.17) is 0 Å². The van der Waals surface area contributed by atoms with Gasteiger partial charge in [0, 0.05) is 19.3 Å². The number of nitrogens with one attached hydrogen (secondary N) is 1. The summed E-state index contributed by atoms with van der Waals surface area (Å²) in [7, 11) is -3.52. The van der Waals surface area contributed by atoms with Crippen molar-refractivity contribution in [1.82, 2.24) is 14.6 Å². The summed E-state index contributed by atoms with van der Waals surface area (Å²) >= 11 is 1.30. The van der Waals surface area contributed by atoms with Crippen molar-refractivity contribution in [2.45, 2.75) is 48.6 Å². The van der Waals surface area contributed by atoms with Gasteiger partial charge in [0.05, 0.1) is 16.8 Å². The van der Waals surface area contributed by atoms with Crippen LogP contribution in [0.5, 0.6) is 0 Å². The monoisotopic (exact) mass is 483 g/mol.